The van der Waals surface area contributed by atoms with E-state index in [0.717, 1.165) is 12.8 Å². The molecule has 3 aliphatic rings. The zero-order valence-corrected chi connectivity index (χ0v) is 11.2. The molecule has 98 valence electrons. The molecule has 1 aromatic rings. The molecule has 2 bridgehead atoms. The summed E-state index contributed by atoms with van der Waals surface area (Å²) in [5.41, 5.74) is 0.476. The topological polar surface area (TPSA) is 20.2 Å². The molecule has 3 aliphatic carbocycles. The van der Waals surface area contributed by atoms with Crippen molar-refractivity contribution in [2.45, 2.75) is 36.7 Å². The molecule has 4 rings (SSSR count). The van der Waals surface area contributed by atoms with Crippen LogP contribution in [0, 0.1) is 11.3 Å². The van der Waals surface area contributed by atoms with Crippen LogP contribution in [0.4, 0.5) is 0 Å². The first-order valence-electron chi connectivity index (χ1n) is 7.29. The molecule has 1 N–H and O–H groups in total. The Morgan fingerprint density at radius 1 is 1.16 bits per heavy atom. The molecule has 0 amide bonds. The molecular weight excluding hydrogens is 232 g/mol. The lowest BCUT2D eigenvalue weighted by molar-refractivity contribution is -0.0518. The van der Waals surface area contributed by atoms with Gasteiger partial charge >= 0.3 is 0 Å². The van der Waals surface area contributed by atoms with Gasteiger partial charge in [0.15, 0.2) is 0 Å². The zero-order chi connectivity index (χ0) is 13.1. The smallest absolute Gasteiger partial charge is 0.0961 e. The van der Waals surface area contributed by atoms with Gasteiger partial charge in [-0.15, -0.1) is 6.58 Å². The van der Waals surface area contributed by atoms with Crippen LogP contribution in [-0.4, -0.2) is 10.7 Å². The van der Waals surface area contributed by atoms with Crippen molar-refractivity contribution in [1.29, 1.82) is 0 Å². The van der Waals surface area contributed by atoms with Crippen LogP contribution in [0.5, 0.6) is 0 Å². The van der Waals surface area contributed by atoms with Crippen LogP contribution in [0.2, 0.25) is 0 Å². The summed E-state index contributed by atoms with van der Waals surface area (Å²) < 4.78 is 0. The van der Waals surface area contributed by atoms with Gasteiger partial charge in [0.05, 0.1) is 11.0 Å². The van der Waals surface area contributed by atoms with Crippen LogP contribution in [0.3, 0.4) is 0 Å². The second-order valence-electron chi connectivity index (χ2n) is 6.46. The van der Waals surface area contributed by atoms with Gasteiger partial charge in [-0.05, 0) is 42.6 Å². The first-order chi connectivity index (χ1) is 9.19. The Kier molecular flexibility index (Phi) is 2.06. The van der Waals surface area contributed by atoms with E-state index in [0.29, 0.717) is 5.92 Å². The summed E-state index contributed by atoms with van der Waals surface area (Å²) in [6, 6.07) is 10.6. The summed E-state index contributed by atoms with van der Waals surface area (Å²) >= 11 is 0. The van der Waals surface area contributed by atoms with Crippen LogP contribution in [0.15, 0.2) is 55.1 Å². The van der Waals surface area contributed by atoms with Crippen molar-refractivity contribution in [3.05, 3.63) is 60.7 Å². The highest BCUT2D eigenvalue weighted by Gasteiger charge is 2.73. The molecule has 0 heterocycles. The van der Waals surface area contributed by atoms with Crippen LogP contribution >= 0.6 is 0 Å². The fraction of sp³-hybridized carbons (Fsp3) is 0.444. The van der Waals surface area contributed by atoms with Gasteiger partial charge in [0, 0.05) is 0 Å². The first-order valence-corrected chi connectivity index (χ1v) is 7.29. The maximum absolute atomic E-state index is 11.3. The third-order valence-electron chi connectivity index (χ3n) is 5.95. The summed E-state index contributed by atoms with van der Waals surface area (Å²) in [7, 11) is 0. The lowest BCUT2D eigenvalue weighted by atomic mass is 9.53. The molecule has 1 spiro atoms. The molecule has 0 unspecified atom stereocenters. The highest BCUT2D eigenvalue weighted by molar-refractivity contribution is 5.50. The molecule has 1 nitrogen and oxygen atoms in total. The molecule has 2 fully saturated rings. The normalized spacial score (nSPS) is 41.4. The Morgan fingerprint density at radius 2 is 1.89 bits per heavy atom. The fourth-order valence-electron chi connectivity index (χ4n) is 4.92. The van der Waals surface area contributed by atoms with Gasteiger partial charge in [-0.3, -0.25) is 0 Å². The van der Waals surface area contributed by atoms with Crippen molar-refractivity contribution >= 4 is 0 Å². The molecule has 0 aliphatic heterocycles. The average Bonchev–Trinajstić information content (AvgIpc) is 3.17. The number of hydrogen-bond acceptors (Lipinski definition) is 1. The average molecular weight is 252 g/mol. The van der Waals surface area contributed by atoms with Gasteiger partial charge < -0.3 is 5.11 Å². The number of hydrogen-bond donors (Lipinski definition) is 1. The van der Waals surface area contributed by atoms with Gasteiger partial charge in [-0.1, -0.05) is 48.6 Å². The maximum atomic E-state index is 11.3. The van der Waals surface area contributed by atoms with Gasteiger partial charge in [0.2, 0.25) is 0 Å². The predicted molar refractivity (Wildman–Crippen MR) is 76.8 cm³/mol. The highest BCUT2D eigenvalue weighted by atomic mass is 16.3. The Hall–Kier alpha value is -1.34. The Morgan fingerprint density at radius 3 is 2.53 bits per heavy atom. The number of benzene rings is 1. The third kappa shape index (κ3) is 1.12. The van der Waals surface area contributed by atoms with Crippen molar-refractivity contribution in [3.63, 3.8) is 0 Å². The summed E-state index contributed by atoms with van der Waals surface area (Å²) in [5, 5.41) is 11.3. The van der Waals surface area contributed by atoms with Crippen LogP contribution in [-0.2, 0) is 5.41 Å². The minimum atomic E-state index is -0.797. The lowest BCUT2D eigenvalue weighted by Gasteiger charge is -2.53. The first kappa shape index (κ1) is 11.5. The molecule has 0 radical (unpaired) electrons. The standard InChI is InChI=1S/C18H20O/c1-2-17(19)10-8-14-9-11-18(17,16(14)12-13-16)15-6-4-3-5-7-15/h2-7,9,11,14,19H,1,8,10,12-13H2/t14-,17+,18-/m0/s1. The number of allylic oxidation sites excluding steroid dienone is 1. The van der Waals surface area contributed by atoms with Crippen LogP contribution < -0.4 is 0 Å². The van der Waals surface area contributed by atoms with E-state index in [1.54, 1.807) is 6.08 Å². The van der Waals surface area contributed by atoms with Crippen LogP contribution in [0.25, 0.3) is 0 Å². The Labute approximate surface area is 114 Å². The van der Waals surface area contributed by atoms with Gasteiger partial charge in [0.25, 0.3) is 0 Å². The van der Waals surface area contributed by atoms with Gasteiger partial charge in [0.1, 0.15) is 0 Å². The van der Waals surface area contributed by atoms with Gasteiger partial charge in [-0.25, -0.2) is 0 Å². The second kappa shape index (κ2) is 3.40. The largest absolute Gasteiger partial charge is 0.385 e. The van der Waals surface area contributed by atoms with Gasteiger partial charge in [-0.2, -0.15) is 0 Å². The van der Waals surface area contributed by atoms with Crippen molar-refractivity contribution in [3.8, 4) is 0 Å². The fourth-order valence-corrected chi connectivity index (χ4v) is 4.92. The van der Waals surface area contributed by atoms with Crippen molar-refractivity contribution in [2.24, 2.45) is 11.3 Å². The number of rotatable bonds is 2. The van der Waals surface area contributed by atoms with E-state index in [1.807, 2.05) is 6.07 Å². The molecule has 0 aromatic heterocycles. The summed E-state index contributed by atoms with van der Waals surface area (Å²) in [6.07, 6.45) is 10.8. The van der Waals surface area contributed by atoms with E-state index in [9.17, 15) is 5.11 Å². The molecule has 1 aromatic carbocycles. The zero-order valence-electron chi connectivity index (χ0n) is 11.2. The van der Waals surface area contributed by atoms with E-state index in [1.165, 1.54) is 18.4 Å². The van der Waals surface area contributed by atoms with Crippen molar-refractivity contribution in [1.82, 2.24) is 0 Å². The summed E-state index contributed by atoms with van der Waals surface area (Å²) in [4.78, 5) is 0. The Bertz CT molecular complexity index is 554. The minimum absolute atomic E-state index is 0.244. The van der Waals surface area contributed by atoms with Crippen molar-refractivity contribution in [2.75, 3.05) is 0 Å². The second-order valence-corrected chi connectivity index (χ2v) is 6.46. The van der Waals surface area contributed by atoms with E-state index >= 15 is 0 Å². The predicted octanol–water partition coefficient (Wildman–Crippen LogP) is 3.60. The molecule has 3 atom stereocenters. The third-order valence-corrected chi connectivity index (χ3v) is 5.95. The van der Waals surface area contributed by atoms with E-state index < -0.39 is 5.60 Å². The minimum Gasteiger partial charge on any atom is -0.385 e. The van der Waals surface area contributed by atoms with E-state index in [4.69, 9.17) is 0 Å². The SMILES string of the molecule is C=C[C@@]1(O)CC[C@H]2C=C[C@]1(c1ccccc1)C21CC1. The lowest BCUT2D eigenvalue weighted by Crippen LogP contribution is -2.57. The molecule has 19 heavy (non-hydrogen) atoms. The highest BCUT2D eigenvalue weighted by Crippen LogP contribution is 2.75. The van der Waals surface area contributed by atoms with E-state index in [2.05, 4.69) is 43.0 Å². The molecule has 0 saturated heterocycles. The Balaban J connectivity index is 1.99. The molecular formula is C18H20O. The monoisotopic (exact) mass is 252 g/mol. The quantitative estimate of drug-likeness (QED) is 0.797. The van der Waals surface area contributed by atoms with Crippen molar-refractivity contribution < 1.29 is 5.11 Å². The number of aliphatic hydroxyl groups is 1. The van der Waals surface area contributed by atoms with Crippen LogP contribution in [0.1, 0.15) is 31.2 Å². The molecule has 2 saturated carbocycles. The van der Waals surface area contributed by atoms with E-state index in [-0.39, 0.29) is 10.8 Å². The maximum Gasteiger partial charge on any atom is 0.0961 e. The summed E-state index contributed by atoms with van der Waals surface area (Å²) in [6.45, 7) is 3.95. The summed E-state index contributed by atoms with van der Waals surface area (Å²) in [5.74, 6) is 0.646. The molecule has 1 heteroatoms.